The van der Waals surface area contributed by atoms with E-state index in [1.807, 2.05) is 0 Å². The topological polar surface area (TPSA) is 94.3 Å². The minimum Gasteiger partial charge on any atom is -0.349 e. The molecule has 0 aliphatic heterocycles. The van der Waals surface area contributed by atoms with Crippen molar-refractivity contribution in [3.63, 3.8) is 0 Å². The molecule has 0 aromatic heterocycles. The van der Waals surface area contributed by atoms with Crippen molar-refractivity contribution in [3.8, 4) is 0 Å². The monoisotopic (exact) mass is 681 g/mol. The molecule has 0 saturated carbocycles. The van der Waals surface area contributed by atoms with E-state index < -0.39 is 85.9 Å². The second-order valence-electron chi connectivity index (χ2n) is 8.20. The van der Waals surface area contributed by atoms with Gasteiger partial charge in [0, 0.05) is 52.4 Å². The lowest BCUT2D eigenvalue weighted by molar-refractivity contribution is -0.388. The normalized spacial score (nSPS) is 14.6. The molecule has 0 fully saturated rings. The molecular formula is C18H21F18N5O2. The molecule has 2 amide bonds. The minimum atomic E-state index is -7.24. The summed E-state index contributed by atoms with van der Waals surface area (Å²) in [4.78, 5) is 22.2. The van der Waals surface area contributed by atoms with Crippen LogP contribution in [-0.2, 0) is 9.59 Å². The predicted octanol–water partition coefficient (Wildman–Crippen LogP) is 2.92. The average Bonchev–Trinajstić information content (AvgIpc) is 2.84. The Hall–Kier alpha value is -2.44. The average molecular weight is 681 g/mol. The molecule has 7 nitrogen and oxygen atoms in total. The van der Waals surface area contributed by atoms with E-state index in [4.69, 9.17) is 0 Å². The third-order valence-corrected chi connectivity index (χ3v) is 4.99. The Labute approximate surface area is 228 Å². The number of amides is 2. The van der Waals surface area contributed by atoms with Crippen LogP contribution in [-0.4, -0.2) is 112 Å². The lowest BCUT2D eigenvalue weighted by Crippen LogP contribution is -2.65. The summed E-state index contributed by atoms with van der Waals surface area (Å²) in [5.41, 5.74) is 0. The van der Waals surface area contributed by atoms with Crippen LogP contribution in [0, 0.1) is 0 Å². The van der Waals surface area contributed by atoms with Crippen LogP contribution in [0.5, 0.6) is 0 Å². The number of halogens is 18. The van der Waals surface area contributed by atoms with Crippen LogP contribution >= 0.6 is 0 Å². The molecule has 0 unspecified atom stereocenters. The molecule has 43 heavy (non-hydrogen) atoms. The molecule has 0 bridgehead atoms. The van der Waals surface area contributed by atoms with E-state index in [1.165, 1.54) is 0 Å². The summed E-state index contributed by atoms with van der Waals surface area (Å²) in [6, 6.07) is 0. The highest BCUT2D eigenvalue weighted by atomic mass is 19.4. The van der Waals surface area contributed by atoms with E-state index in [2.05, 4.69) is 16.0 Å². The van der Waals surface area contributed by atoms with Gasteiger partial charge in [-0.15, -0.1) is 0 Å². The van der Waals surface area contributed by atoms with E-state index in [1.54, 1.807) is 0 Å². The van der Waals surface area contributed by atoms with Crippen molar-refractivity contribution in [3.05, 3.63) is 0 Å². The van der Waals surface area contributed by atoms with Crippen LogP contribution in [0.25, 0.3) is 0 Å². The Bertz CT molecular complexity index is 850. The quantitative estimate of drug-likeness (QED) is 0.114. The number of hydrogen-bond donors (Lipinski definition) is 5. The van der Waals surface area contributed by atoms with Gasteiger partial charge in [0.25, 0.3) is 11.8 Å². The van der Waals surface area contributed by atoms with Crippen molar-refractivity contribution >= 4 is 11.8 Å². The number of alkyl halides is 18. The third-order valence-electron chi connectivity index (χ3n) is 4.99. The van der Waals surface area contributed by atoms with Crippen molar-refractivity contribution in [2.45, 2.75) is 47.9 Å². The minimum absolute atomic E-state index is 0.0210. The highest BCUT2D eigenvalue weighted by molar-refractivity contribution is 5.85. The number of carbonyl (C=O) groups is 2. The summed E-state index contributed by atoms with van der Waals surface area (Å²) < 4.78 is 229. The van der Waals surface area contributed by atoms with Crippen molar-refractivity contribution in [2.75, 3.05) is 52.4 Å². The van der Waals surface area contributed by atoms with Gasteiger partial charge in [-0.05, 0) is 0 Å². The summed E-state index contributed by atoms with van der Waals surface area (Å²) in [5, 5.41) is 9.51. The van der Waals surface area contributed by atoms with Gasteiger partial charge in [-0.2, -0.15) is 79.0 Å². The largest absolute Gasteiger partial charge is 0.460 e. The van der Waals surface area contributed by atoms with Crippen molar-refractivity contribution in [1.29, 1.82) is 0 Å². The maximum Gasteiger partial charge on any atom is 0.460 e. The fraction of sp³-hybridized carbons (Fsp3) is 0.889. The molecule has 0 rings (SSSR count). The van der Waals surface area contributed by atoms with Gasteiger partial charge in [-0.25, -0.2) is 0 Å². The van der Waals surface area contributed by atoms with E-state index in [9.17, 15) is 88.6 Å². The first kappa shape index (κ1) is 40.6. The summed E-state index contributed by atoms with van der Waals surface area (Å²) in [6.07, 6.45) is -14.2. The molecule has 0 heterocycles. The standard InChI is InChI=1S/C18H21F18N5O2/c19-11(20,13(23,24)15(27,28)17(31,32)33)9(42)40-7-5-38-3-1-37-2-4-39-6-8-41-10(43)12(21,22)14(25,26)16(29,30)18(34,35)36/h37-39H,1-8H2,(H,40,42)(H,41,43). The summed E-state index contributed by atoms with van der Waals surface area (Å²) in [7, 11) is 0. The maximum atomic E-state index is 13.3. The van der Waals surface area contributed by atoms with E-state index in [0.717, 1.165) is 10.6 Å². The van der Waals surface area contributed by atoms with Gasteiger partial charge in [0.05, 0.1) is 0 Å². The number of carbonyl (C=O) groups excluding carboxylic acids is 2. The summed E-state index contributed by atoms with van der Waals surface area (Å²) in [6.45, 7) is -2.86. The highest BCUT2D eigenvalue weighted by Crippen LogP contribution is 2.54. The van der Waals surface area contributed by atoms with Crippen molar-refractivity contribution in [1.82, 2.24) is 26.6 Å². The molecule has 0 aromatic carbocycles. The van der Waals surface area contributed by atoms with E-state index >= 15 is 0 Å². The van der Waals surface area contributed by atoms with Gasteiger partial charge < -0.3 is 26.6 Å². The Balaban J connectivity index is 4.26. The van der Waals surface area contributed by atoms with Gasteiger partial charge in [-0.1, -0.05) is 0 Å². The maximum absolute atomic E-state index is 13.3. The molecular weight excluding hydrogens is 660 g/mol. The zero-order chi connectivity index (χ0) is 34.3. The van der Waals surface area contributed by atoms with Gasteiger partial charge in [0.15, 0.2) is 0 Å². The second-order valence-corrected chi connectivity index (χ2v) is 8.20. The Morgan fingerprint density at radius 3 is 0.767 bits per heavy atom. The number of rotatable bonds is 18. The zero-order valence-corrected chi connectivity index (χ0v) is 20.8. The molecule has 0 radical (unpaired) electrons. The van der Waals surface area contributed by atoms with Crippen LogP contribution in [0.2, 0.25) is 0 Å². The summed E-state index contributed by atoms with van der Waals surface area (Å²) in [5.74, 6) is -47.8. The van der Waals surface area contributed by atoms with Gasteiger partial charge in [0.2, 0.25) is 0 Å². The lowest BCUT2D eigenvalue weighted by atomic mass is 10.0. The molecule has 256 valence electrons. The van der Waals surface area contributed by atoms with Crippen LogP contribution in [0.4, 0.5) is 79.0 Å². The van der Waals surface area contributed by atoms with Crippen molar-refractivity contribution in [2.24, 2.45) is 0 Å². The SMILES string of the molecule is O=C(NCCNCCNCCNCCNC(=O)C(F)(F)C(F)(F)C(F)(F)C(F)(F)F)C(F)(F)C(F)(F)C(F)(F)C(F)(F)F. The van der Waals surface area contributed by atoms with E-state index in [0.29, 0.717) is 0 Å². The van der Waals surface area contributed by atoms with Gasteiger partial charge in [-0.3, -0.25) is 9.59 Å². The van der Waals surface area contributed by atoms with Crippen molar-refractivity contribution < 1.29 is 88.6 Å². The third kappa shape index (κ3) is 8.82. The Morgan fingerprint density at radius 1 is 0.349 bits per heavy atom. The molecule has 0 saturated heterocycles. The van der Waals surface area contributed by atoms with Crippen LogP contribution < -0.4 is 26.6 Å². The van der Waals surface area contributed by atoms with Crippen LogP contribution in [0.15, 0.2) is 0 Å². The lowest BCUT2D eigenvalue weighted by Gasteiger charge is -2.32. The van der Waals surface area contributed by atoms with Gasteiger partial charge in [0.1, 0.15) is 0 Å². The fourth-order valence-corrected chi connectivity index (χ4v) is 2.51. The molecule has 0 spiro atoms. The highest BCUT2D eigenvalue weighted by Gasteiger charge is 2.84. The van der Waals surface area contributed by atoms with Crippen LogP contribution in [0.3, 0.4) is 0 Å². The second kappa shape index (κ2) is 14.1. The molecule has 0 atom stereocenters. The first-order valence-corrected chi connectivity index (χ1v) is 11.1. The molecule has 0 aliphatic carbocycles. The predicted molar refractivity (Wildman–Crippen MR) is 106 cm³/mol. The Morgan fingerprint density at radius 2 is 0.558 bits per heavy atom. The molecule has 25 heteroatoms. The van der Waals surface area contributed by atoms with E-state index in [-0.39, 0.29) is 26.2 Å². The number of nitrogens with one attached hydrogen (secondary N) is 5. The fourth-order valence-electron chi connectivity index (χ4n) is 2.51. The molecule has 0 aromatic rings. The first-order chi connectivity index (χ1) is 19.0. The zero-order valence-electron chi connectivity index (χ0n) is 20.8. The molecule has 0 aliphatic rings. The smallest absolute Gasteiger partial charge is 0.349 e. The van der Waals surface area contributed by atoms with Crippen LogP contribution in [0.1, 0.15) is 0 Å². The number of hydrogen-bond acceptors (Lipinski definition) is 5. The Kier molecular flexibility index (Phi) is 13.3. The molecule has 5 N–H and O–H groups in total. The van der Waals surface area contributed by atoms with Gasteiger partial charge >= 0.3 is 47.9 Å². The first-order valence-electron chi connectivity index (χ1n) is 11.1. The summed E-state index contributed by atoms with van der Waals surface area (Å²) >= 11 is 0.